The number of rotatable bonds is 3. The molecule has 0 saturated heterocycles. The molecule has 0 aliphatic rings. The summed E-state index contributed by atoms with van der Waals surface area (Å²) in [6.45, 7) is 0. The Kier molecular flexibility index (Phi) is 4.18. The summed E-state index contributed by atoms with van der Waals surface area (Å²) in [5.74, 6) is -1.10. The van der Waals surface area contributed by atoms with Crippen LogP contribution in [-0.4, -0.2) is 19.0 Å². The van der Waals surface area contributed by atoms with E-state index < -0.39 is 11.7 Å². The highest BCUT2D eigenvalue weighted by Crippen LogP contribution is 2.40. The third-order valence-corrected chi connectivity index (χ3v) is 4.48. The number of guanidine groups is 1. The molecule has 0 spiro atoms. The predicted octanol–water partition coefficient (Wildman–Crippen LogP) is 3.13. The van der Waals surface area contributed by atoms with Crippen molar-refractivity contribution >= 4 is 33.3 Å². The minimum atomic E-state index is -0.528. The number of fused-ring (bicyclic) bond motifs is 1. The van der Waals surface area contributed by atoms with Gasteiger partial charge in [-0.15, -0.1) is 11.3 Å². The standard InChI is InChI=1S/C17H14FN3O2S/c1-23-15-10(3-2-4-13(15)18)12-8-24-14-6-5-9(7-11(12)14)16(22)21-17(19)20/h2-8H,1H3,(H4,19,20,21,22). The predicted molar refractivity (Wildman–Crippen MR) is 93.9 cm³/mol. The van der Waals surface area contributed by atoms with Gasteiger partial charge in [-0.3, -0.25) is 4.79 Å². The van der Waals surface area contributed by atoms with E-state index in [4.69, 9.17) is 16.2 Å². The maximum atomic E-state index is 14.0. The summed E-state index contributed by atoms with van der Waals surface area (Å²) in [4.78, 5) is 15.6. The highest BCUT2D eigenvalue weighted by molar-refractivity contribution is 7.17. The molecule has 3 rings (SSSR count). The van der Waals surface area contributed by atoms with Crippen LogP contribution in [0.15, 0.2) is 46.8 Å². The van der Waals surface area contributed by atoms with Crippen molar-refractivity contribution in [2.24, 2.45) is 16.5 Å². The number of para-hydroxylation sites is 1. The topological polar surface area (TPSA) is 90.7 Å². The lowest BCUT2D eigenvalue weighted by Gasteiger charge is -2.09. The van der Waals surface area contributed by atoms with Crippen molar-refractivity contribution in [1.29, 1.82) is 0 Å². The molecule has 1 amide bonds. The fraction of sp³-hybridized carbons (Fsp3) is 0.0588. The molecular formula is C17H14FN3O2S. The zero-order valence-electron chi connectivity index (χ0n) is 12.7. The Bertz CT molecular complexity index is 962. The van der Waals surface area contributed by atoms with Crippen LogP contribution in [0, 0.1) is 5.82 Å². The molecule has 1 heterocycles. The normalized spacial score (nSPS) is 10.6. The number of ether oxygens (including phenoxy) is 1. The van der Waals surface area contributed by atoms with Gasteiger partial charge in [-0.05, 0) is 29.6 Å². The minimum Gasteiger partial charge on any atom is -0.493 e. The second-order valence-corrected chi connectivity index (χ2v) is 5.93. The number of hydrogen-bond acceptors (Lipinski definition) is 3. The number of halogens is 1. The van der Waals surface area contributed by atoms with Crippen LogP contribution in [0.1, 0.15) is 10.4 Å². The second kappa shape index (κ2) is 6.29. The van der Waals surface area contributed by atoms with Gasteiger partial charge in [-0.25, -0.2) is 4.39 Å². The van der Waals surface area contributed by atoms with Gasteiger partial charge in [-0.2, -0.15) is 4.99 Å². The van der Waals surface area contributed by atoms with Gasteiger partial charge in [0.25, 0.3) is 5.91 Å². The number of carbonyl (C=O) groups is 1. The van der Waals surface area contributed by atoms with Gasteiger partial charge in [0.2, 0.25) is 0 Å². The molecule has 5 nitrogen and oxygen atoms in total. The molecule has 2 aromatic carbocycles. The first kappa shape index (κ1) is 15.9. The summed E-state index contributed by atoms with van der Waals surface area (Å²) >= 11 is 1.49. The first-order valence-corrected chi connectivity index (χ1v) is 7.87. The van der Waals surface area contributed by atoms with E-state index in [0.717, 1.165) is 15.6 Å². The molecule has 7 heteroatoms. The van der Waals surface area contributed by atoms with Crippen molar-refractivity contribution in [3.63, 3.8) is 0 Å². The molecule has 4 N–H and O–H groups in total. The first-order chi connectivity index (χ1) is 11.5. The zero-order chi connectivity index (χ0) is 17.3. The monoisotopic (exact) mass is 343 g/mol. The third-order valence-electron chi connectivity index (χ3n) is 3.51. The highest BCUT2D eigenvalue weighted by Gasteiger charge is 2.16. The molecule has 0 saturated carbocycles. The summed E-state index contributed by atoms with van der Waals surface area (Å²) in [5.41, 5.74) is 12.3. The average molecular weight is 343 g/mol. The van der Waals surface area contributed by atoms with E-state index in [2.05, 4.69) is 4.99 Å². The van der Waals surface area contributed by atoms with Crippen LogP contribution in [0.5, 0.6) is 5.75 Å². The molecule has 0 radical (unpaired) electrons. The van der Waals surface area contributed by atoms with Gasteiger partial charge >= 0.3 is 0 Å². The van der Waals surface area contributed by atoms with Crippen LogP contribution in [0.3, 0.4) is 0 Å². The number of benzene rings is 2. The van der Waals surface area contributed by atoms with Crippen molar-refractivity contribution in [3.05, 3.63) is 53.2 Å². The average Bonchev–Trinajstić information content (AvgIpc) is 2.96. The van der Waals surface area contributed by atoms with Crippen molar-refractivity contribution in [2.45, 2.75) is 0 Å². The van der Waals surface area contributed by atoms with E-state index in [1.54, 1.807) is 24.3 Å². The molecule has 0 bridgehead atoms. The molecule has 3 aromatic rings. The van der Waals surface area contributed by atoms with Gasteiger partial charge in [0.05, 0.1) is 7.11 Å². The van der Waals surface area contributed by atoms with Crippen LogP contribution in [0.2, 0.25) is 0 Å². The van der Waals surface area contributed by atoms with Crippen LogP contribution < -0.4 is 16.2 Å². The summed E-state index contributed by atoms with van der Waals surface area (Å²) in [6, 6.07) is 9.88. The summed E-state index contributed by atoms with van der Waals surface area (Å²) in [5, 5.41) is 2.71. The molecule has 0 unspecified atom stereocenters. The maximum absolute atomic E-state index is 14.0. The number of hydrogen-bond donors (Lipinski definition) is 2. The first-order valence-electron chi connectivity index (χ1n) is 6.99. The minimum absolute atomic E-state index is 0.165. The van der Waals surface area contributed by atoms with E-state index in [-0.39, 0.29) is 11.7 Å². The Morgan fingerprint density at radius 1 is 1.21 bits per heavy atom. The summed E-state index contributed by atoms with van der Waals surface area (Å²) < 4.78 is 20.1. The molecular weight excluding hydrogens is 329 g/mol. The second-order valence-electron chi connectivity index (χ2n) is 5.02. The van der Waals surface area contributed by atoms with Crippen LogP contribution in [0.4, 0.5) is 4.39 Å². The Hall–Kier alpha value is -2.93. The summed E-state index contributed by atoms with van der Waals surface area (Å²) in [6.07, 6.45) is 0. The van der Waals surface area contributed by atoms with Gasteiger partial charge in [0.1, 0.15) is 0 Å². The van der Waals surface area contributed by atoms with Gasteiger partial charge in [-0.1, -0.05) is 12.1 Å². The zero-order valence-corrected chi connectivity index (χ0v) is 13.6. The molecule has 0 aliphatic carbocycles. The molecule has 24 heavy (non-hydrogen) atoms. The highest BCUT2D eigenvalue weighted by atomic mass is 32.1. The molecule has 0 atom stereocenters. The van der Waals surface area contributed by atoms with Crippen molar-refractivity contribution in [1.82, 2.24) is 0 Å². The Morgan fingerprint density at radius 3 is 2.71 bits per heavy atom. The van der Waals surface area contributed by atoms with E-state index in [1.807, 2.05) is 11.4 Å². The number of amides is 1. The third kappa shape index (κ3) is 2.81. The number of nitrogens with two attached hydrogens (primary N) is 2. The fourth-order valence-electron chi connectivity index (χ4n) is 2.48. The van der Waals surface area contributed by atoms with Crippen LogP contribution >= 0.6 is 11.3 Å². The molecule has 122 valence electrons. The van der Waals surface area contributed by atoms with E-state index in [1.165, 1.54) is 24.5 Å². The molecule has 0 aliphatic heterocycles. The Labute approximate surface area is 141 Å². The largest absolute Gasteiger partial charge is 0.493 e. The number of methoxy groups -OCH3 is 1. The van der Waals surface area contributed by atoms with Crippen molar-refractivity contribution < 1.29 is 13.9 Å². The van der Waals surface area contributed by atoms with E-state index in [0.29, 0.717) is 11.1 Å². The lowest BCUT2D eigenvalue weighted by Crippen LogP contribution is -2.24. The fourth-order valence-corrected chi connectivity index (χ4v) is 3.42. The van der Waals surface area contributed by atoms with Crippen LogP contribution in [0.25, 0.3) is 21.2 Å². The number of carbonyl (C=O) groups excluding carboxylic acids is 1. The summed E-state index contributed by atoms with van der Waals surface area (Å²) in [7, 11) is 1.42. The molecule has 1 aromatic heterocycles. The number of nitrogens with zero attached hydrogens (tertiary/aromatic N) is 1. The maximum Gasteiger partial charge on any atom is 0.280 e. The van der Waals surface area contributed by atoms with Crippen molar-refractivity contribution in [2.75, 3.05) is 7.11 Å². The SMILES string of the molecule is COc1c(F)cccc1-c1csc2ccc(C(=O)N=C(N)N)cc12. The number of thiophene rings is 1. The quantitative estimate of drug-likeness (QED) is 0.565. The van der Waals surface area contributed by atoms with E-state index >= 15 is 0 Å². The molecule has 0 fully saturated rings. The lowest BCUT2D eigenvalue weighted by molar-refractivity contribution is 0.100. The van der Waals surface area contributed by atoms with E-state index in [9.17, 15) is 9.18 Å². The van der Waals surface area contributed by atoms with Crippen LogP contribution in [-0.2, 0) is 0 Å². The smallest absolute Gasteiger partial charge is 0.280 e. The number of aliphatic imine (C=N–C) groups is 1. The van der Waals surface area contributed by atoms with Gasteiger partial charge in [0, 0.05) is 26.8 Å². The Balaban J connectivity index is 2.19. The van der Waals surface area contributed by atoms with Crippen molar-refractivity contribution in [3.8, 4) is 16.9 Å². The lowest BCUT2D eigenvalue weighted by atomic mass is 10.0. The van der Waals surface area contributed by atoms with Gasteiger partial charge < -0.3 is 16.2 Å². The van der Waals surface area contributed by atoms with Gasteiger partial charge in [0.15, 0.2) is 17.5 Å². The Morgan fingerprint density at radius 2 is 2.00 bits per heavy atom.